The molecule has 2 heterocycles. The Balaban J connectivity index is 1.85. The van der Waals surface area contributed by atoms with Crippen LogP contribution < -0.4 is 10.6 Å². The van der Waals surface area contributed by atoms with Crippen LogP contribution in [0, 0.1) is 0 Å². The van der Waals surface area contributed by atoms with Crippen LogP contribution in [0.1, 0.15) is 37.2 Å². The number of nitrogens with one attached hydrogen (secondary N) is 2. The summed E-state index contributed by atoms with van der Waals surface area (Å²) < 4.78 is 5.39. The van der Waals surface area contributed by atoms with E-state index in [9.17, 15) is 4.79 Å². The van der Waals surface area contributed by atoms with Gasteiger partial charge >= 0.3 is 5.97 Å². The molecule has 0 bridgehead atoms. The van der Waals surface area contributed by atoms with Gasteiger partial charge in [-0.05, 0) is 37.2 Å². The van der Waals surface area contributed by atoms with Gasteiger partial charge in [-0.15, -0.1) is 0 Å². The molecule has 6 nitrogen and oxygen atoms in total. The van der Waals surface area contributed by atoms with Crippen molar-refractivity contribution in [1.29, 1.82) is 0 Å². The second-order valence-corrected chi connectivity index (χ2v) is 7.18. The van der Waals surface area contributed by atoms with Gasteiger partial charge in [0, 0.05) is 5.70 Å². The molecule has 2 aromatic rings. The maximum Gasteiger partial charge on any atom is 0.338 e. The molecule has 2 atom stereocenters. The normalized spacial score (nSPS) is 21.0. The van der Waals surface area contributed by atoms with Crippen LogP contribution in [-0.4, -0.2) is 28.5 Å². The third kappa shape index (κ3) is 3.61. The predicted octanol–water partition coefficient (Wildman–Crippen LogP) is 3.41. The molecule has 0 radical (unpaired) electrons. The first-order valence-electron chi connectivity index (χ1n) is 9.52. The first-order valence-corrected chi connectivity index (χ1v) is 9.93. The van der Waals surface area contributed by atoms with Gasteiger partial charge in [0.25, 0.3) is 0 Å². The molecule has 7 heteroatoms. The summed E-state index contributed by atoms with van der Waals surface area (Å²) in [5.74, 6) is 0.253. The van der Waals surface area contributed by atoms with E-state index in [2.05, 4.69) is 10.6 Å². The minimum Gasteiger partial charge on any atom is -0.463 e. The zero-order valence-electron chi connectivity index (χ0n) is 16.3. The monoisotopic (exact) mass is 406 g/mol. The number of hydrogen-bond donors (Lipinski definition) is 2. The summed E-state index contributed by atoms with van der Waals surface area (Å²) in [7, 11) is 0. The van der Waals surface area contributed by atoms with E-state index >= 15 is 0 Å². The summed E-state index contributed by atoms with van der Waals surface area (Å²) >= 11 is 5.43. The van der Waals surface area contributed by atoms with Gasteiger partial charge in [-0.2, -0.15) is 0 Å². The van der Waals surface area contributed by atoms with Gasteiger partial charge in [0.2, 0.25) is 5.96 Å². The molecule has 148 valence electrons. The second-order valence-electron chi connectivity index (χ2n) is 6.77. The van der Waals surface area contributed by atoms with Crippen LogP contribution in [0.25, 0.3) is 0 Å². The Hall–Kier alpha value is -3.19. The van der Waals surface area contributed by atoms with E-state index in [4.69, 9.17) is 21.9 Å². The molecular formula is C22H22N4O2S. The summed E-state index contributed by atoms with van der Waals surface area (Å²) in [6, 6.07) is 19.2. The number of rotatable bonds is 4. The molecular weight excluding hydrogens is 384 g/mol. The Morgan fingerprint density at radius 3 is 2.34 bits per heavy atom. The number of ether oxygens (including phenoxy) is 1. The maximum absolute atomic E-state index is 12.9. The highest BCUT2D eigenvalue weighted by Crippen LogP contribution is 2.38. The highest BCUT2D eigenvalue weighted by Gasteiger charge is 2.40. The van der Waals surface area contributed by atoms with Gasteiger partial charge in [0.05, 0.1) is 12.2 Å². The molecule has 1 fully saturated rings. The van der Waals surface area contributed by atoms with E-state index in [1.165, 1.54) is 0 Å². The van der Waals surface area contributed by atoms with Crippen LogP contribution in [0.4, 0.5) is 0 Å². The van der Waals surface area contributed by atoms with Crippen LogP contribution in [0.2, 0.25) is 0 Å². The van der Waals surface area contributed by atoms with Crippen molar-refractivity contribution in [3.63, 3.8) is 0 Å². The second kappa shape index (κ2) is 8.05. The minimum absolute atomic E-state index is 0.273. The van der Waals surface area contributed by atoms with Gasteiger partial charge in [-0.25, -0.2) is 9.79 Å². The van der Waals surface area contributed by atoms with Crippen molar-refractivity contribution in [2.45, 2.75) is 26.1 Å². The predicted molar refractivity (Wildman–Crippen MR) is 116 cm³/mol. The number of aliphatic imine (C=N–C) groups is 1. The van der Waals surface area contributed by atoms with Crippen molar-refractivity contribution in [2.75, 3.05) is 6.61 Å². The highest BCUT2D eigenvalue weighted by atomic mass is 32.1. The SMILES string of the molecule is CCOC(=O)C1=C(C)N2C(=NC1c1ccccc1)NC(=S)NC2c1ccccc1. The Kier molecular flexibility index (Phi) is 5.31. The first kappa shape index (κ1) is 19.1. The van der Waals surface area contributed by atoms with Crippen molar-refractivity contribution in [2.24, 2.45) is 4.99 Å². The van der Waals surface area contributed by atoms with Gasteiger partial charge in [0.1, 0.15) is 12.2 Å². The lowest BCUT2D eigenvalue weighted by Gasteiger charge is -2.44. The Morgan fingerprint density at radius 2 is 1.72 bits per heavy atom. The van der Waals surface area contributed by atoms with Gasteiger partial charge in [-0.1, -0.05) is 60.7 Å². The van der Waals surface area contributed by atoms with Gasteiger partial charge in [0.15, 0.2) is 5.11 Å². The summed E-state index contributed by atoms with van der Waals surface area (Å²) in [5.41, 5.74) is 3.24. The number of fused-ring (bicyclic) bond motifs is 1. The molecule has 0 amide bonds. The van der Waals surface area contributed by atoms with Crippen LogP contribution in [0.15, 0.2) is 76.9 Å². The average Bonchev–Trinajstić information content (AvgIpc) is 2.74. The molecule has 2 N–H and O–H groups in total. The van der Waals surface area contributed by atoms with Crippen LogP contribution in [0.5, 0.6) is 0 Å². The van der Waals surface area contributed by atoms with Crippen molar-refractivity contribution < 1.29 is 9.53 Å². The Morgan fingerprint density at radius 1 is 1.10 bits per heavy atom. The van der Waals surface area contributed by atoms with E-state index in [-0.39, 0.29) is 12.1 Å². The number of thiocarbonyl (C=S) groups is 1. The van der Waals surface area contributed by atoms with Crippen molar-refractivity contribution >= 4 is 29.3 Å². The smallest absolute Gasteiger partial charge is 0.338 e. The fourth-order valence-corrected chi connectivity index (χ4v) is 3.89. The van der Waals surface area contributed by atoms with E-state index in [1.54, 1.807) is 6.92 Å². The molecule has 4 rings (SSSR count). The molecule has 2 aliphatic rings. The molecule has 2 aromatic carbocycles. The zero-order chi connectivity index (χ0) is 20.4. The summed E-state index contributed by atoms with van der Waals surface area (Å²) in [6.07, 6.45) is -0.273. The standard InChI is InChI=1S/C22H22N4O2S/c1-3-28-20(27)17-14(2)26-19(16-12-8-5-9-13-16)24-22(29)25-21(26)23-18(17)15-10-6-4-7-11-15/h4-13,18-19H,3H2,1-2H3,(H2,23,24,25,29). The van der Waals surface area contributed by atoms with Gasteiger partial charge in [-0.3, -0.25) is 4.90 Å². The van der Waals surface area contributed by atoms with E-state index in [0.29, 0.717) is 23.3 Å². The molecule has 1 saturated heterocycles. The Labute approximate surface area is 175 Å². The molecule has 0 aliphatic carbocycles. The number of carbonyl (C=O) groups excluding carboxylic acids is 1. The zero-order valence-corrected chi connectivity index (χ0v) is 17.1. The van der Waals surface area contributed by atoms with Crippen molar-refractivity contribution in [3.8, 4) is 0 Å². The number of hydrogen-bond acceptors (Lipinski definition) is 5. The molecule has 2 unspecified atom stereocenters. The molecule has 0 aromatic heterocycles. The fraction of sp³-hybridized carbons (Fsp3) is 0.227. The van der Waals surface area contributed by atoms with E-state index in [0.717, 1.165) is 16.8 Å². The summed E-state index contributed by atoms with van der Waals surface area (Å²) in [5, 5.41) is 6.93. The fourth-order valence-electron chi connectivity index (χ4n) is 3.68. The van der Waals surface area contributed by atoms with Crippen LogP contribution in [-0.2, 0) is 9.53 Å². The lowest BCUT2D eigenvalue weighted by Crippen LogP contribution is -2.60. The topological polar surface area (TPSA) is 66.0 Å². The van der Waals surface area contributed by atoms with E-state index < -0.39 is 6.04 Å². The lowest BCUT2D eigenvalue weighted by atomic mass is 9.95. The van der Waals surface area contributed by atoms with Crippen molar-refractivity contribution in [1.82, 2.24) is 15.5 Å². The third-order valence-electron chi connectivity index (χ3n) is 4.98. The molecule has 0 saturated carbocycles. The third-order valence-corrected chi connectivity index (χ3v) is 5.20. The van der Waals surface area contributed by atoms with Crippen molar-refractivity contribution in [3.05, 3.63) is 83.1 Å². The quantitative estimate of drug-likeness (QED) is 0.599. The highest BCUT2D eigenvalue weighted by molar-refractivity contribution is 7.80. The lowest BCUT2D eigenvalue weighted by molar-refractivity contribution is -0.139. The largest absolute Gasteiger partial charge is 0.463 e. The number of benzene rings is 2. The van der Waals surface area contributed by atoms with Crippen LogP contribution in [0.3, 0.4) is 0 Å². The number of esters is 1. The van der Waals surface area contributed by atoms with Gasteiger partial charge < -0.3 is 15.4 Å². The number of carbonyl (C=O) groups is 1. The maximum atomic E-state index is 12.9. The van der Waals surface area contributed by atoms with Crippen LogP contribution >= 0.6 is 12.2 Å². The average molecular weight is 407 g/mol. The molecule has 0 spiro atoms. The first-order chi connectivity index (χ1) is 14.1. The summed E-state index contributed by atoms with van der Waals surface area (Å²) in [4.78, 5) is 19.8. The number of nitrogens with zero attached hydrogens (tertiary/aromatic N) is 2. The Bertz CT molecular complexity index is 988. The molecule has 2 aliphatic heterocycles. The number of guanidine groups is 1. The molecule has 29 heavy (non-hydrogen) atoms. The minimum atomic E-state index is -0.466. The summed E-state index contributed by atoms with van der Waals surface area (Å²) in [6.45, 7) is 4.03. The van der Waals surface area contributed by atoms with E-state index in [1.807, 2.05) is 72.5 Å². The number of allylic oxidation sites excluding steroid dienone is 1.